The Morgan fingerprint density at radius 2 is 1.78 bits per heavy atom. The van der Waals surface area contributed by atoms with Crippen LogP contribution in [0, 0.1) is 0 Å². The maximum atomic E-state index is 11.8. The third-order valence-corrected chi connectivity index (χ3v) is 3.52. The molecule has 0 fully saturated rings. The molecule has 6 heteroatoms. The van der Waals surface area contributed by atoms with Crippen molar-refractivity contribution in [1.82, 2.24) is 5.32 Å². The van der Waals surface area contributed by atoms with Gasteiger partial charge in [-0.25, -0.2) is 0 Å². The molecule has 1 rings (SSSR count). The van der Waals surface area contributed by atoms with Crippen LogP contribution in [0.3, 0.4) is 0 Å². The first kappa shape index (κ1) is 18.8. The number of ether oxygens (including phenoxy) is 3. The molecule has 0 spiro atoms. The van der Waals surface area contributed by atoms with E-state index in [-0.39, 0.29) is 24.5 Å². The zero-order chi connectivity index (χ0) is 17.5. The number of carbonyl (C=O) groups is 2. The van der Waals surface area contributed by atoms with Crippen molar-refractivity contribution in [2.24, 2.45) is 0 Å². The second-order valence-corrected chi connectivity index (χ2v) is 5.81. The van der Waals surface area contributed by atoms with Gasteiger partial charge in [-0.3, -0.25) is 9.59 Å². The average Bonchev–Trinajstić information content (AvgIpc) is 2.52. The van der Waals surface area contributed by atoms with Crippen LogP contribution in [0.25, 0.3) is 0 Å². The van der Waals surface area contributed by atoms with Crippen molar-refractivity contribution in [2.45, 2.75) is 39.2 Å². The highest BCUT2D eigenvalue weighted by molar-refractivity contribution is 5.81. The van der Waals surface area contributed by atoms with E-state index in [9.17, 15) is 9.59 Å². The zero-order valence-electron chi connectivity index (χ0n) is 14.4. The van der Waals surface area contributed by atoms with E-state index in [2.05, 4.69) is 5.32 Å². The number of hydrogen-bond donors (Lipinski definition) is 1. The van der Waals surface area contributed by atoms with Crippen LogP contribution >= 0.6 is 0 Å². The van der Waals surface area contributed by atoms with Gasteiger partial charge in [0.05, 0.1) is 20.6 Å². The summed E-state index contributed by atoms with van der Waals surface area (Å²) in [6.07, 6.45) is 0.850. The molecule has 0 saturated heterocycles. The first-order valence-electron chi connectivity index (χ1n) is 7.49. The molecule has 1 aromatic rings. The molecule has 0 radical (unpaired) electrons. The Bertz CT molecular complexity index is 554. The van der Waals surface area contributed by atoms with Gasteiger partial charge in [0.25, 0.3) is 5.91 Å². The summed E-state index contributed by atoms with van der Waals surface area (Å²) in [4.78, 5) is 23.6. The molecule has 0 atom stereocenters. The van der Waals surface area contributed by atoms with Gasteiger partial charge in [0.2, 0.25) is 0 Å². The molecule has 1 N–H and O–H groups in total. The Kier molecular flexibility index (Phi) is 6.88. The van der Waals surface area contributed by atoms with E-state index in [1.165, 1.54) is 7.11 Å². The number of amides is 1. The lowest BCUT2D eigenvalue weighted by atomic mass is 10.0. The van der Waals surface area contributed by atoms with Crippen LogP contribution in [-0.4, -0.2) is 38.2 Å². The van der Waals surface area contributed by atoms with Crippen molar-refractivity contribution in [1.29, 1.82) is 0 Å². The fourth-order valence-corrected chi connectivity index (χ4v) is 1.86. The van der Waals surface area contributed by atoms with Crippen LogP contribution in [0.5, 0.6) is 11.5 Å². The van der Waals surface area contributed by atoms with Crippen LogP contribution in [0.4, 0.5) is 0 Å². The van der Waals surface area contributed by atoms with Gasteiger partial charge in [-0.05, 0) is 38.0 Å². The Morgan fingerprint density at radius 3 is 2.35 bits per heavy atom. The van der Waals surface area contributed by atoms with Crippen LogP contribution in [0.2, 0.25) is 0 Å². The number of rotatable bonds is 8. The number of benzene rings is 1. The van der Waals surface area contributed by atoms with Crippen molar-refractivity contribution in [3.05, 3.63) is 23.8 Å². The van der Waals surface area contributed by atoms with E-state index in [0.717, 1.165) is 12.0 Å². The lowest BCUT2D eigenvalue weighted by molar-refractivity contribution is -0.148. The van der Waals surface area contributed by atoms with E-state index in [1.54, 1.807) is 25.3 Å². The standard InChI is InChI=1S/C17H25NO5/c1-6-17(2,3)18-15(19)11-23-16(20)10-12-7-8-13(21-4)14(9-12)22-5/h7-9H,6,10-11H2,1-5H3,(H,18,19). The second kappa shape index (κ2) is 8.41. The summed E-state index contributed by atoms with van der Waals surface area (Å²) in [6.45, 7) is 5.52. The molecular formula is C17H25NO5. The number of carbonyl (C=O) groups excluding carboxylic acids is 2. The Balaban J connectivity index is 2.52. The van der Waals surface area contributed by atoms with Gasteiger partial charge < -0.3 is 19.5 Å². The molecule has 0 aliphatic heterocycles. The van der Waals surface area contributed by atoms with Crippen molar-refractivity contribution < 1.29 is 23.8 Å². The molecule has 0 aliphatic rings. The molecular weight excluding hydrogens is 298 g/mol. The summed E-state index contributed by atoms with van der Waals surface area (Å²) in [5, 5.41) is 2.81. The normalized spacial score (nSPS) is 10.8. The summed E-state index contributed by atoms with van der Waals surface area (Å²) in [5.74, 6) is 0.352. The minimum atomic E-state index is -0.471. The van der Waals surface area contributed by atoms with Crippen LogP contribution < -0.4 is 14.8 Å². The third kappa shape index (κ3) is 6.18. The van der Waals surface area contributed by atoms with Gasteiger partial charge in [0.1, 0.15) is 0 Å². The van der Waals surface area contributed by atoms with Gasteiger partial charge in [-0.2, -0.15) is 0 Å². The van der Waals surface area contributed by atoms with Crippen molar-refractivity contribution in [2.75, 3.05) is 20.8 Å². The van der Waals surface area contributed by atoms with Crippen LogP contribution in [0.15, 0.2) is 18.2 Å². The van der Waals surface area contributed by atoms with E-state index in [1.807, 2.05) is 20.8 Å². The molecule has 0 bridgehead atoms. The lowest BCUT2D eigenvalue weighted by Gasteiger charge is -2.24. The van der Waals surface area contributed by atoms with Crippen molar-refractivity contribution >= 4 is 11.9 Å². The average molecular weight is 323 g/mol. The number of esters is 1. The van der Waals surface area contributed by atoms with E-state index < -0.39 is 5.97 Å². The quantitative estimate of drug-likeness (QED) is 0.742. The van der Waals surface area contributed by atoms with Crippen molar-refractivity contribution in [3.63, 3.8) is 0 Å². The van der Waals surface area contributed by atoms with Gasteiger partial charge in [0, 0.05) is 5.54 Å². The zero-order valence-corrected chi connectivity index (χ0v) is 14.4. The molecule has 0 heterocycles. The van der Waals surface area contributed by atoms with Crippen molar-refractivity contribution in [3.8, 4) is 11.5 Å². The molecule has 0 aromatic heterocycles. The summed E-state index contributed by atoms with van der Waals surface area (Å²) in [7, 11) is 3.07. The second-order valence-electron chi connectivity index (χ2n) is 5.81. The Morgan fingerprint density at radius 1 is 1.13 bits per heavy atom. The van der Waals surface area contributed by atoms with Gasteiger partial charge in [-0.15, -0.1) is 0 Å². The van der Waals surface area contributed by atoms with Crippen LogP contribution in [0.1, 0.15) is 32.8 Å². The fourth-order valence-electron chi connectivity index (χ4n) is 1.86. The fraction of sp³-hybridized carbons (Fsp3) is 0.529. The molecule has 6 nitrogen and oxygen atoms in total. The lowest BCUT2D eigenvalue weighted by Crippen LogP contribution is -2.44. The molecule has 1 aromatic carbocycles. The predicted octanol–water partition coefficient (Wildman–Crippen LogP) is 2.09. The first-order valence-corrected chi connectivity index (χ1v) is 7.49. The molecule has 128 valence electrons. The van der Waals surface area contributed by atoms with Crippen LogP contribution in [-0.2, 0) is 20.7 Å². The van der Waals surface area contributed by atoms with Gasteiger partial charge in [-0.1, -0.05) is 13.0 Å². The summed E-state index contributed by atoms with van der Waals surface area (Å²) >= 11 is 0. The summed E-state index contributed by atoms with van der Waals surface area (Å²) < 4.78 is 15.3. The molecule has 0 saturated carbocycles. The third-order valence-electron chi connectivity index (χ3n) is 3.52. The minimum absolute atomic E-state index is 0.0603. The SMILES string of the molecule is CCC(C)(C)NC(=O)COC(=O)Cc1ccc(OC)c(OC)c1. The van der Waals surface area contributed by atoms with Gasteiger partial charge in [0.15, 0.2) is 18.1 Å². The largest absolute Gasteiger partial charge is 0.493 e. The van der Waals surface area contributed by atoms with E-state index >= 15 is 0 Å². The topological polar surface area (TPSA) is 73.9 Å². The first-order chi connectivity index (χ1) is 10.8. The van der Waals surface area contributed by atoms with Gasteiger partial charge >= 0.3 is 5.97 Å². The monoisotopic (exact) mass is 323 g/mol. The minimum Gasteiger partial charge on any atom is -0.493 e. The summed E-state index contributed by atoms with van der Waals surface area (Å²) in [6, 6.07) is 5.18. The Hall–Kier alpha value is -2.24. The maximum Gasteiger partial charge on any atom is 0.310 e. The highest BCUT2D eigenvalue weighted by atomic mass is 16.5. The van der Waals surface area contributed by atoms with E-state index in [4.69, 9.17) is 14.2 Å². The summed E-state index contributed by atoms with van der Waals surface area (Å²) in [5.41, 5.74) is 0.411. The maximum absolute atomic E-state index is 11.8. The predicted molar refractivity (Wildman–Crippen MR) is 86.7 cm³/mol. The molecule has 23 heavy (non-hydrogen) atoms. The molecule has 0 aliphatic carbocycles. The number of hydrogen-bond acceptors (Lipinski definition) is 5. The highest BCUT2D eigenvalue weighted by Crippen LogP contribution is 2.27. The Labute approximate surface area is 137 Å². The van der Waals surface area contributed by atoms with E-state index in [0.29, 0.717) is 11.5 Å². The highest BCUT2D eigenvalue weighted by Gasteiger charge is 2.18. The smallest absolute Gasteiger partial charge is 0.310 e. The number of nitrogens with one attached hydrogen (secondary N) is 1. The molecule has 0 unspecified atom stereocenters. The number of methoxy groups -OCH3 is 2. The molecule has 1 amide bonds.